The maximum atomic E-state index is 14.3. The molecule has 4 heterocycles. The molecule has 1 amide bonds. The monoisotopic (exact) mass is 602 g/mol. The molecule has 9 nitrogen and oxygen atoms in total. The third-order valence-corrected chi connectivity index (χ3v) is 8.93. The van der Waals surface area contributed by atoms with E-state index >= 15 is 0 Å². The first-order valence-electron chi connectivity index (χ1n) is 13.6. The van der Waals surface area contributed by atoms with Crippen molar-refractivity contribution in [3.05, 3.63) is 22.2 Å². The lowest BCUT2D eigenvalue weighted by Crippen LogP contribution is -2.45. The highest BCUT2D eigenvalue weighted by Gasteiger charge is 2.49. The predicted octanol–water partition coefficient (Wildman–Crippen LogP) is 5.05. The van der Waals surface area contributed by atoms with Crippen LogP contribution in [0.4, 0.5) is 15.0 Å². The lowest BCUT2D eigenvalue weighted by atomic mass is 9.95. The number of carbonyl (C=O) groups excluding carboxylic acids is 1. The Bertz CT molecular complexity index is 1310. The van der Waals surface area contributed by atoms with Gasteiger partial charge in [0, 0.05) is 36.4 Å². The summed E-state index contributed by atoms with van der Waals surface area (Å²) in [4.78, 5) is 28.4. The summed E-state index contributed by atoms with van der Waals surface area (Å²) in [5.74, 6) is 0.623. The summed E-state index contributed by atoms with van der Waals surface area (Å²) >= 11 is 3.48. The zero-order valence-electron chi connectivity index (χ0n) is 23.2. The van der Waals surface area contributed by atoms with E-state index in [1.807, 2.05) is 39.6 Å². The van der Waals surface area contributed by atoms with Gasteiger partial charge in [-0.2, -0.15) is 15.2 Å². The number of nitrogens with zero attached hydrogens (tertiary/aromatic N) is 6. The molecule has 2 unspecified atom stereocenters. The SMILES string of the molecule is CC1C(N(C)c2nc(OC[C@@]34CCCN3C[C@H](F)C4)nc3cc(Br)c(C#N)cc23)CCN1C(=O)OC(C)(C)C. The van der Waals surface area contributed by atoms with E-state index in [2.05, 4.69) is 31.9 Å². The van der Waals surface area contributed by atoms with E-state index in [4.69, 9.17) is 14.5 Å². The molecule has 3 aliphatic rings. The van der Waals surface area contributed by atoms with Crippen LogP contribution in [0.15, 0.2) is 16.6 Å². The minimum atomic E-state index is -0.842. The number of aromatic nitrogens is 2. The number of nitriles is 1. The Morgan fingerprint density at radius 2 is 2.10 bits per heavy atom. The predicted molar refractivity (Wildman–Crippen MR) is 150 cm³/mol. The first-order valence-corrected chi connectivity index (χ1v) is 14.4. The van der Waals surface area contributed by atoms with E-state index in [9.17, 15) is 14.4 Å². The zero-order valence-corrected chi connectivity index (χ0v) is 24.8. The summed E-state index contributed by atoms with van der Waals surface area (Å²) in [6.07, 6.45) is 1.94. The number of carbonyl (C=O) groups is 1. The van der Waals surface area contributed by atoms with Crippen molar-refractivity contribution in [2.24, 2.45) is 0 Å². The Hall–Kier alpha value is -2.71. The van der Waals surface area contributed by atoms with Crippen LogP contribution in [0.1, 0.15) is 58.9 Å². The van der Waals surface area contributed by atoms with Crippen LogP contribution >= 0.6 is 15.9 Å². The minimum Gasteiger partial charge on any atom is -0.461 e. The Kier molecular flexibility index (Phi) is 7.40. The lowest BCUT2D eigenvalue weighted by molar-refractivity contribution is 0.0233. The summed E-state index contributed by atoms with van der Waals surface area (Å²) < 4.78 is 26.8. The van der Waals surface area contributed by atoms with Gasteiger partial charge in [0.2, 0.25) is 0 Å². The fraction of sp³-hybridized carbons (Fsp3) is 0.643. The Morgan fingerprint density at radius 1 is 1.33 bits per heavy atom. The molecule has 0 N–H and O–H groups in total. The van der Waals surface area contributed by atoms with Crippen molar-refractivity contribution in [2.45, 2.75) is 82.8 Å². The molecule has 3 aliphatic heterocycles. The molecule has 0 radical (unpaired) electrons. The molecular weight excluding hydrogens is 567 g/mol. The molecule has 0 aliphatic carbocycles. The fourth-order valence-corrected chi connectivity index (χ4v) is 6.78. The second kappa shape index (κ2) is 10.4. The van der Waals surface area contributed by atoms with Gasteiger partial charge >= 0.3 is 12.1 Å². The number of benzene rings is 1. The van der Waals surface area contributed by atoms with Crippen LogP contribution in [0.3, 0.4) is 0 Å². The van der Waals surface area contributed by atoms with Crippen LogP contribution in [0.2, 0.25) is 0 Å². The standard InChI is InChI=1S/C28H36BrFN6O3/c1-17-23(7-10-36(17)26(37)39-27(2,3)4)34(5)24-20-11-18(14-31)21(29)12-22(20)32-25(33-24)38-16-28-8-6-9-35(28)15-19(30)13-28/h11-12,17,19,23H,6-10,13,15-16H2,1-5H3/t17?,19-,23?,28+/m1/s1. The number of halogens is 2. The second-order valence-electron chi connectivity index (χ2n) is 12.0. The maximum Gasteiger partial charge on any atom is 0.410 e. The van der Waals surface area contributed by atoms with Gasteiger partial charge in [0.15, 0.2) is 0 Å². The Morgan fingerprint density at radius 3 is 2.82 bits per heavy atom. The first kappa shape index (κ1) is 27.8. The highest BCUT2D eigenvalue weighted by Crippen LogP contribution is 2.41. The maximum absolute atomic E-state index is 14.3. The number of alkyl halides is 1. The van der Waals surface area contributed by atoms with Crippen molar-refractivity contribution in [2.75, 3.05) is 38.2 Å². The Labute approximate surface area is 237 Å². The number of amides is 1. The van der Waals surface area contributed by atoms with Gasteiger partial charge in [-0.1, -0.05) is 0 Å². The minimum absolute atomic E-state index is 0.0382. The number of rotatable bonds is 5. The van der Waals surface area contributed by atoms with Crippen LogP contribution in [0, 0.1) is 11.3 Å². The number of likely N-dealkylation sites (tertiary alicyclic amines) is 1. The third-order valence-electron chi connectivity index (χ3n) is 8.27. The van der Waals surface area contributed by atoms with Crippen molar-refractivity contribution in [3.8, 4) is 12.1 Å². The molecule has 1 aromatic heterocycles. The number of anilines is 1. The van der Waals surface area contributed by atoms with Crippen molar-refractivity contribution in [1.29, 1.82) is 5.26 Å². The van der Waals surface area contributed by atoms with Gasteiger partial charge in [0.1, 0.15) is 30.3 Å². The zero-order chi connectivity index (χ0) is 28.1. The van der Waals surface area contributed by atoms with Gasteiger partial charge in [0.05, 0.1) is 28.7 Å². The van der Waals surface area contributed by atoms with Crippen molar-refractivity contribution < 1.29 is 18.7 Å². The smallest absolute Gasteiger partial charge is 0.410 e. The van der Waals surface area contributed by atoms with Gasteiger partial charge in [-0.3, -0.25) is 4.90 Å². The highest BCUT2D eigenvalue weighted by molar-refractivity contribution is 9.10. The average Bonchev–Trinajstić information content (AvgIpc) is 3.51. The molecule has 2 aromatic rings. The van der Waals surface area contributed by atoms with Crippen LogP contribution in [0.25, 0.3) is 10.9 Å². The fourth-order valence-electron chi connectivity index (χ4n) is 6.36. The molecule has 210 valence electrons. The molecular formula is C28H36BrFN6O3. The van der Waals surface area contributed by atoms with Crippen molar-refractivity contribution in [3.63, 3.8) is 0 Å². The largest absolute Gasteiger partial charge is 0.461 e. The molecule has 4 atom stereocenters. The van der Waals surface area contributed by atoms with E-state index in [1.54, 1.807) is 17.0 Å². The molecule has 0 bridgehead atoms. The summed E-state index contributed by atoms with van der Waals surface area (Å²) in [6, 6.07) is 5.86. The van der Waals surface area contributed by atoms with Crippen LogP contribution in [0.5, 0.6) is 6.01 Å². The van der Waals surface area contributed by atoms with Crippen molar-refractivity contribution in [1.82, 2.24) is 19.8 Å². The average molecular weight is 604 g/mol. The molecule has 1 aromatic carbocycles. The summed E-state index contributed by atoms with van der Waals surface area (Å²) in [5.41, 5.74) is 0.220. The van der Waals surface area contributed by atoms with Gasteiger partial charge < -0.3 is 19.3 Å². The van der Waals surface area contributed by atoms with E-state index in [0.29, 0.717) is 47.5 Å². The quantitative estimate of drug-likeness (QED) is 0.469. The third kappa shape index (κ3) is 5.38. The number of hydrogen-bond acceptors (Lipinski definition) is 8. The van der Waals surface area contributed by atoms with E-state index in [1.165, 1.54) is 0 Å². The number of likely N-dealkylation sites (N-methyl/N-ethyl adjacent to an activating group) is 1. The van der Waals surface area contributed by atoms with E-state index in [0.717, 1.165) is 31.2 Å². The normalized spacial score (nSPS) is 27.0. The van der Waals surface area contributed by atoms with Crippen LogP contribution in [-0.2, 0) is 4.74 Å². The van der Waals surface area contributed by atoms with Gasteiger partial charge in [0.25, 0.3) is 0 Å². The summed E-state index contributed by atoms with van der Waals surface area (Å²) in [6.45, 7) is 9.81. The first-order chi connectivity index (χ1) is 18.4. The molecule has 0 spiro atoms. The van der Waals surface area contributed by atoms with Gasteiger partial charge in [-0.05, 0) is 81.6 Å². The molecule has 5 rings (SSSR count). The van der Waals surface area contributed by atoms with Crippen molar-refractivity contribution >= 4 is 38.7 Å². The number of fused-ring (bicyclic) bond motifs is 2. The summed E-state index contributed by atoms with van der Waals surface area (Å²) in [7, 11) is 1.95. The summed E-state index contributed by atoms with van der Waals surface area (Å²) in [5, 5.41) is 10.4. The van der Waals surface area contributed by atoms with Crippen LogP contribution < -0.4 is 9.64 Å². The molecule has 39 heavy (non-hydrogen) atoms. The molecule has 0 saturated carbocycles. The number of ether oxygens (including phenoxy) is 2. The second-order valence-corrected chi connectivity index (χ2v) is 12.9. The van der Waals surface area contributed by atoms with E-state index in [-0.39, 0.29) is 29.7 Å². The van der Waals surface area contributed by atoms with Gasteiger partial charge in [-0.15, -0.1) is 0 Å². The lowest BCUT2D eigenvalue weighted by Gasteiger charge is -2.33. The molecule has 3 fully saturated rings. The number of hydrogen-bond donors (Lipinski definition) is 0. The molecule has 3 saturated heterocycles. The topological polar surface area (TPSA) is 94.8 Å². The van der Waals surface area contributed by atoms with E-state index < -0.39 is 11.8 Å². The highest BCUT2D eigenvalue weighted by atomic mass is 79.9. The van der Waals surface area contributed by atoms with Crippen LogP contribution in [-0.4, -0.2) is 88.5 Å². The van der Waals surface area contributed by atoms with Gasteiger partial charge in [-0.25, -0.2) is 9.18 Å². The Balaban J connectivity index is 1.46. The molecule has 11 heteroatoms.